The van der Waals surface area contributed by atoms with Gasteiger partial charge in [-0.3, -0.25) is 9.69 Å². The maximum atomic E-state index is 11.6. The van der Waals surface area contributed by atoms with Crippen LogP contribution in [0.4, 0.5) is 0 Å². The molecule has 0 bridgehead atoms. The number of methoxy groups -OCH3 is 1. The summed E-state index contributed by atoms with van der Waals surface area (Å²) in [5.41, 5.74) is 0. The zero-order valence-electron chi connectivity index (χ0n) is 9.98. The Morgan fingerprint density at radius 1 is 1.38 bits per heavy atom. The highest BCUT2D eigenvalue weighted by Gasteiger charge is 2.32. The largest absolute Gasteiger partial charge is 0.468 e. The topological polar surface area (TPSA) is 38.8 Å². The predicted octanol–water partition coefficient (Wildman–Crippen LogP) is 1.05. The third kappa shape index (κ3) is 2.74. The first-order valence-electron chi connectivity index (χ1n) is 6.21. The molecule has 4 heteroatoms. The van der Waals surface area contributed by atoms with E-state index in [9.17, 15) is 4.79 Å². The van der Waals surface area contributed by atoms with E-state index in [-0.39, 0.29) is 12.0 Å². The van der Waals surface area contributed by atoms with Crippen LogP contribution in [-0.4, -0.2) is 50.3 Å². The molecule has 2 fully saturated rings. The highest BCUT2D eigenvalue weighted by atomic mass is 16.5. The first-order valence-corrected chi connectivity index (χ1v) is 6.21. The Hall–Kier alpha value is -0.610. The van der Waals surface area contributed by atoms with Crippen molar-refractivity contribution in [1.82, 2.24) is 4.90 Å². The zero-order chi connectivity index (χ0) is 11.4. The summed E-state index contributed by atoms with van der Waals surface area (Å²) in [6.07, 6.45) is 4.33. The van der Waals surface area contributed by atoms with Gasteiger partial charge in [0.1, 0.15) is 6.04 Å². The fourth-order valence-corrected chi connectivity index (χ4v) is 2.71. The molecule has 0 aromatic rings. The minimum absolute atomic E-state index is 0.00726. The molecule has 92 valence electrons. The second-order valence-electron chi connectivity index (χ2n) is 4.73. The van der Waals surface area contributed by atoms with Crippen LogP contribution in [0.3, 0.4) is 0 Å². The van der Waals surface area contributed by atoms with Gasteiger partial charge in [-0.2, -0.15) is 0 Å². The minimum atomic E-state index is -0.0652. The third-order valence-corrected chi connectivity index (χ3v) is 3.67. The molecule has 0 N–H and O–H groups in total. The quantitative estimate of drug-likeness (QED) is 0.676. The van der Waals surface area contributed by atoms with E-state index in [0.717, 1.165) is 52.0 Å². The van der Waals surface area contributed by atoms with Crippen molar-refractivity contribution in [3.63, 3.8) is 0 Å². The number of esters is 1. The average molecular weight is 227 g/mol. The van der Waals surface area contributed by atoms with E-state index in [4.69, 9.17) is 9.47 Å². The van der Waals surface area contributed by atoms with Gasteiger partial charge in [-0.05, 0) is 38.1 Å². The fourth-order valence-electron chi connectivity index (χ4n) is 2.71. The monoisotopic (exact) mass is 227 g/mol. The van der Waals surface area contributed by atoms with Crippen LogP contribution in [0.15, 0.2) is 0 Å². The molecular weight excluding hydrogens is 206 g/mol. The van der Waals surface area contributed by atoms with Gasteiger partial charge in [0, 0.05) is 19.8 Å². The summed E-state index contributed by atoms with van der Waals surface area (Å²) in [5, 5.41) is 0. The van der Waals surface area contributed by atoms with Crippen molar-refractivity contribution in [3.8, 4) is 0 Å². The molecule has 1 unspecified atom stereocenters. The van der Waals surface area contributed by atoms with Crippen molar-refractivity contribution in [3.05, 3.63) is 0 Å². The maximum absolute atomic E-state index is 11.6. The minimum Gasteiger partial charge on any atom is -0.468 e. The smallest absolute Gasteiger partial charge is 0.323 e. The number of hydrogen-bond acceptors (Lipinski definition) is 4. The Labute approximate surface area is 96.9 Å². The average Bonchev–Trinajstić information content (AvgIpc) is 2.77. The molecule has 2 heterocycles. The van der Waals surface area contributed by atoms with Crippen LogP contribution in [0.2, 0.25) is 0 Å². The molecule has 0 aliphatic carbocycles. The van der Waals surface area contributed by atoms with Gasteiger partial charge in [-0.25, -0.2) is 0 Å². The fraction of sp³-hybridized carbons (Fsp3) is 0.917. The van der Waals surface area contributed by atoms with Gasteiger partial charge >= 0.3 is 5.97 Å². The van der Waals surface area contributed by atoms with E-state index in [2.05, 4.69) is 4.90 Å². The molecule has 0 saturated carbocycles. The number of nitrogens with zero attached hydrogens (tertiary/aromatic N) is 1. The molecule has 2 aliphatic rings. The predicted molar refractivity (Wildman–Crippen MR) is 60.2 cm³/mol. The summed E-state index contributed by atoms with van der Waals surface area (Å²) >= 11 is 0. The second-order valence-corrected chi connectivity index (χ2v) is 4.73. The van der Waals surface area contributed by atoms with Gasteiger partial charge in [-0.15, -0.1) is 0 Å². The summed E-state index contributed by atoms with van der Waals surface area (Å²) in [7, 11) is 1.48. The lowest BCUT2D eigenvalue weighted by molar-refractivity contribution is -0.146. The van der Waals surface area contributed by atoms with Crippen molar-refractivity contribution in [1.29, 1.82) is 0 Å². The van der Waals surface area contributed by atoms with Gasteiger partial charge in [0.05, 0.1) is 7.11 Å². The van der Waals surface area contributed by atoms with E-state index >= 15 is 0 Å². The Morgan fingerprint density at radius 3 is 2.81 bits per heavy atom. The van der Waals surface area contributed by atoms with Crippen LogP contribution < -0.4 is 0 Å². The molecule has 0 aromatic carbocycles. The van der Waals surface area contributed by atoms with E-state index in [1.165, 1.54) is 7.11 Å². The molecule has 0 radical (unpaired) electrons. The van der Waals surface area contributed by atoms with Gasteiger partial charge in [0.2, 0.25) is 0 Å². The van der Waals surface area contributed by atoms with Crippen molar-refractivity contribution in [2.24, 2.45) is 5.92 Å². The molecule has 2 rings (SSSR count). The highest BCUT2D eigenvalue weighted by molar-refractivity contribution is 5.75. The molecule has 1 atom stereocenters. The molecule has 0 aromatic heterocycles. The first-order chi connectivity index (χ1) is 7.81. The Morgan fingerprint density at radius 2 is 2.12 bits per heavy atom. The Balaban J connectivity index is 1.85. The van der Waals surface area contributed by atoms with E-state index in [0.29, 0.717) is 5.92 Å². The highest BCUT2D eigenvalue weighted by Crippen LogP contribution is 2.23. The van der Waals surface area contributed by atoms with E-state index < -0.39 is 0 Å². The second kappa shape index (κ2) is 5.64. The summed E-state index contributed by atoms with van der Waals surface area (Å²) < 4.78 is 10.2. The normalized spacial score (nSPS) is 28.2. The van der Waals surface area contributed by atoms with Crippen molar-refractivity contribution < 1.29 is 14.3 Å². The van der Waals surface area contributed by atoms with Crippen molar-refractivity contribution in [2.45, 2.75) is 31.7 Å². The van der Waals surface area contributed by atoms with Crippen LogP contribution in [-0.2, 0) is 14.3 Å². The standard InChI is InChI=1S/C12H21NO3/c1-15-12(14)11-3-2-6-13(11)9-10-4-7-16-8-5-10/h10-11H,2-9H2,1H3. The maximum Gasteiger partial charge on any atom is 0.323 e. The number of ether oxygens (including phenoxy) is 2. The van der Waals surface area contributed by atoms with Crippen LogP contribution >= 0.6 is 0 Å². The number of carbonyl (C=O) groups is 1. The summed E-state index contributed by atoms with van der Waals surface area (Å²) in [4.78, 5) is 13.9. The summed E-state index contributed by atoms with van der Waals surface area (Å²) in [6.45, 7) is 3.82. The summed E-state index contributed by atoms with van der Waals surface area (Å²) in [5.74, 6) is 0.628. The number of hydrogen-bond donors (Lipinski definition) is 0. The van der Waals surface area contributed by atoms with E-state index in [1.54, 1.807) is 0 Å². The lowest BCUT2D eigenvalue weighted by Gasteiger charge is -2.29. The number of carbonyl (C=O) groups excluding carboxylic acids is 1. The van der Waals surface area contributed by atoms with Crippen LogP contribution in [0.1, 0.15) is 25.7 Å². The Bertz CT molecular complexity index is 238. The first kappa shape index (κ1) is 11.9. The molecular formula is C12H21NO3. The molecule has 0 spiro atoms. The van der Waals surface area contributed by atoms with Crippen LogP contribution in [0.5, 0.6) is 0 Å². The lowest BCUT2D eigenvalue weighted by atomic mass is 9.99. The lowest BCUT2D eigenvalue weighted by Crippen LogP contribution is -2.40. The molecule has 0 amide bonds. The van der Waals surface area contributed by atoms with Crippen LogP contribution in [0, 0.1) is 5.92 Å². The molecule has 2 saturated heterocycles. The van der Waals surface area contributed by atoms with Gasteiger partial charge in [-0.1, -0.05) is 0 Å². The zero-order valence-corrected chi connectivity index (χ0v) is 9.98. The molecule has 16 heavy (non-hydrogen) atoms. The number of rotatable bonds is 3. The Kier molecular flexibility index (Phi) is 4.18. The summed E-state index contributed by atoms with van der Waals surface area (Å²) in [6, 6.07) is 0.00726. The third-order valence-electron chi connectivity index (χ3n) is 3.67. The van der Waals surface area contributed by atoms with Crippen molar-refractivity contribution >= 4 is 5.97 Å². The number of likely N-dealkylation sites (tertiary alicyclic amines) is 1. The van der Waals surface area contributed by atoms with Crippen LogP contribution in [0.25, 0.3) is 0 Å². The molecule has 4 nitrogen and oxygen atoms in total. The van der Waals surface area contributed by atoms with Gasteiger partial charge in [0.15, 0.2) is 0 Å². The van der Waals surface area contributed by atoms with Crippen molar-refractivity contribution in [2.75, 3.05) is 33.4 Å². The van der Waals surface area contributed by atoms with Gasteiger partial charge < -0.3 is 9.47 Å². The molecule has 2 aliphatic heterocycles. The van der Waals surface area contributed by atoms with E-state index in [1.807, 2.05) is 0 Å². The van der Waals surface area contributed by atoms with Gasteiger partial charge in [0.25, 0.3) is 0 Å². The SMILES string of the molecule is COC(=O)C1CCCN1CC1CCOCC1.